The van der Waals surface area contributed by atoms with E-state index in [0.29, 0.717) is 11.4 Å². The molecule has 2 unspecified atom stereocenters. The summed E-state index contributed by atoms with van der Waals surface area (Å²) in [6, 6.07) is 7.29. The molecule has 2 N–H and O–H groups in total. The normalized spacial score (nSPS) is 24.1. The van der Waals surface area contributed by atoms with Gasteiger partial charge in [0.2, 0.25) is 10.0 Å². The Balaban J connectivity index is 2.05. The minimum Gasteiger partial charge on any atom is -0.313 e. The lowest BCUT2D eigenvalue weighted by atomic mass is 10.1. The van der Waals surface area contributed by atoms with E-state index in [1.54, 1.807) is 12.1 Å². The number of sulfonamides is 1. The topological polar surface area (TPSA) is 58.2 Å². The van der Waals surface area contributed by atoms with Crippen molar-refractivity contribution in [2.24, 2.45) is 0 Å². The average molecular weight is 329 g/mol. The molecular weight excluding hydrogens is 304 g/mol. The maximum absolute atomic E-state index is 12.3. The first kappa shape index (κ1) is 16.8. The van der Waals surface area contributed by atoms with Gasteiger partial charge in [-0.2, -0.15) is 11.8 Å². The monoisotopic (exact) mass is 328 g/mol. The SMILES string of the molecule is CNC(C)c1ccc(S(=O)(=O)NCC2(C)CCCS2)cc1. The molecule has 118 valence electrons. The van der Waals surface area contributed by atoms with Gasteiger partial charge in [-0.15, -0.1) is 0 Å². The molecule has 6 heteroatoms. The van der Waals surface area contributed by atoms with E-state index in [0.717, 1.165) is 17.7 Å². The number of nitrogens with one attached hydrogen (secondary N) is 2. The maximum Gasteiger partial charge on any atom is 0.240 e. The van der Waals surface area contributed by atoms with Crippen LogP contribution in [0.15, 0.2) is 29.2 Å². The Bertz CT molecular complexity index is 564. The largest absolute Gasteiger partial charge is 0.313 e. The Morgan fingerprint density at radius 1 is 1.33 bits per heavy atom. The smallest absolute Gasteiger partial charge is 0.240 e. The molecule has 1 fully saturated rings. The minimum absolute atomic E-state index is 0.0354. The molecule has 0 saturated carbocycles. The van der Waals surface area contributed by atoms with Gasteiger partial charge in [-0.3, -0.25) is 0 Å². The molecule has 4 nitrogen and oxygen atoms in total. The summed E-state index contributed by atoms with van der Waals surface area (Å²) in [5, 5.41) is 3.14. The average Bonchev–Trinajstić information content (AvgIpc) is 2.92. The van der Waals surface area contributed by atoms with E-state index < -0.39 is 10.0 Å². The van der Waals surface area contributed by atoms with Crippen LogP contribution >= 0.6 is 11.8 Å². The Morgan fingerprint density at radius 3 is 2.52 bits per heavy atom. The van der Waals surface area contributed by atoms with Gasteiger partial charge in [0.15, 0.2) is 0 Å². The molecular formula is C15H24N2O2S2. The first-order chi connectivity index (χ1) is 9.86. The lowest BCUT2D eigenvalue weighted by Crippen LogP contribution is -2.36. The van der Waals surface area contributed by atoms with E-state index in [-0.39, 0.29) is 10.8 Å². The van der Waals surface area contributed by atoms with Gasteiger partial charge in [0, 0.05) is 17.3 Å². The molecule has 0 amide bonds. The first-order valence-corrected chi connectivity index (χ1v) is 9.74. The summed E-state index contributed by atoms with van der Waals surface area (Å²) in [7, 11) is -1.53. The van der Waals surface area contributed by atoms with Crippen molar-refractivity contribution in [1.82, 2.24) is 10.0 Å². The predicted molar refractivity (Wildman–Crippen MR) is 89.2 cm³/mol. The molecule has 0 aliphatic carbocycles. The Hall–Kier alpha value is -0.560. The molecule has 0 aromatic heterocycles. The summed E-state index contributed by atoms with van der Waals surface area (Å²) in [6.45, 7) is 4.67. The summed E-state index contributed by atoms with van der Waals surface area (Å²) in [6.07, 6.45) is 2.23. The van der Waals surface area contributed by atoms with Crippen LogP contribution in [0.4, 0.5) is 0 Å². The molecule has 21 heavy (non-hydrogen) atoms. The zero-order chi connectivity index (χ0) is 15.5. The summed E-state index contributed by atoms with van der Waals surface area (Å²) in [5.41, 5.74) is 1.08. The van der Waals surface area contributed by atoms with Crippen molar-refractivity contribution >= 4 is 21.8 Å². The predicted octanol–water partition coefficient (Wildman–Crippen LogP) is 2.53. The van der Waals surface area contributed by atoms with E-state index in [1.807, 2.05) is 37.9 Å². The van der Waals surface area contributed by atoms with Crippen LogP contribution in [-0.2, 0) is 10.0 Å². The van der Waals surface area contributed by atoms with Crippen LogP contribution in [0.3, 0.4) is 0 Å². The summed E-state index contributed by atoms with van der Waals surface area (Å²) in [4.78, 5) is 0.334. The lowest BCUT2D eigenvalue weighted by molar-refractivity contribution is 0.552. The number of hydrogen-bond acceptors (Lipinski definition) is 4. The standard InChI is InChI=1S/C15H24N2O2S2/c1-12(16-3)13-5-7-14(8-6-13)21(18,19)17-11-15(2)9-4-10-20-15/h5-8,12,16-17H,4,9-11H2,1-3H3. The van der Waals surface area contributed by atoms with E-state index in [9.17, 15) is 8.42 Å². The second-order valence-corrected chi connectivity index (χ2v) is 9.26. The molecule has 1 aromatic carbocycles. The molecule has 2 rings (SSSR count). The van der Waals surface area contributed by atoms with Gasteiger partial charge >= 0.3 is 0 Å². The van der Waals surface area contributed by atoms with Crippen LogP contribution in [0.2, 0.25) is 0 Å². The van der Waals surface area contributed by atoms with Crippen LogP contribution in [0.25, 0.3) is 0 Å². The van der Waals surface area contributed by atoms with Gasteiger partial charge < -0.3 is 5.32 Å². The van der Waals surface area contributed by atoms with Crippen LogP contribution < -0.4 is 10.0 Å². The van der Waals surface area contributed by atoms with Gasteiger partial charge in [0.05, 0.1) is 4.90 Å². The summed E-state index contributed by atoms with van der Waals surface area (Å²) in [5.74, 6) is 1.12. The Morgan fingerprint density at radius 2 is 2.00 bits per heavy atom. The van der Waals surface area contributed by atoms with Crippen molar-refractivity contribution in [2.45, 2.75) is 42.4 Å². The van der Waals surface area contributed by atoms with Crippen LogP contribution in [0.5, 0.6) is 0 Å². The highest BCUT2D eigenvalue weighted by Crippen LogP contribution is 2.37. The van der Waals surface area contributed by atoms with Crippen LogP contribution in [0.1, 0.15) is 38.3 Å². The van der Waals surface area contributed by atoms with E-state index in [2.05, 4.69) is 17.0 Å². The Kier molecular flexibility index (Phi) is 5.35. The maximum atomic E-state index is 12.3. The van der Waals surface area contributed by atoms with E-state index >= 15 is 0 Å². The third-order valence-corrected chi connectivity index (χ3v) is 7.02. The van der Waals surface area contributed by atoms with Crippen molar-refractivity contribution in [3.05, 3.63) is 29.8 Å². The fourth-order valence-corrected chi connectivity index (χ4v) is 4.91. The van der Waals surface area contributed by atoms with E-state index in [4.69, 9.17) is 0 Å². The second-order valence-electron chi connectivity index (χ2n) is 5.81. The number of hydrogen-bond donors (Lipinski definition) is 2. The van der Waals surface area contributed by atoms with Gasteiger partial charge in [0.25, 0.3) is 0 Å². The molecule has 1 aliphatic rings. The molecule has 0 bridgehead atoms. The van der Waals surface area contributed by atoms with Crippen molar-refractivity contribution in [2.75, 3.05) is 19.3 Å². The van der Waals surface area contributed by atoms with Crippen molar-refractivity contribution in [3.8, 4) is 0 Å². The summed E-state index contributed by atoms with van der Waals surface area (Å²) < 4.78 is 27.5. The van der Waals surface area contributed by atoms with Crippen molar-refractivity contribution in [1.29, 1.82) is 0 Å². The van der Waals surface area contributed by atoms with E-state index in [1.165, 1.54) is 6.42 Å². The molecule has 1 saturated heterocycles. The zero-order valence-electron chi connectivity index (χ0n) is 12.8. The van der Waals surface area contributed by atoms with Crippen LogP contribution in [-0.4, -0.2) is 32.5 Å². The summed E-state index contributed by atoms with van der Waals surface area (Å²) >= 11 is 1.85. The van der Waals surface area contributed by atoms with Gasteiger partial charge in [-0.25, -0.2) is 13.1 Å². The molecule has 1 heterocycles. The fourth-order valence-electron chi connectivity index (χ4n) is 2.41. The number of benzene rings is 1. The molecule has 1 aliphatic heterocycles. The number of thioether (sulfide) groups is 1. The van der Waals surface area contributed by atoms with Gasteiger partial charge in [-0.1, -0.05) is 12.1 Å². The minimum atomic E-state index is -3.42. The molecule has 1 aromatic rings. The first-order valence-electron chi connectivity index (χ1n) is 7.27. The quantitative estimate of drug-likeness (QED) is 0.842. The van der Waals surface area contributed by atoms with Crippen molar-refractivity contribution in [3.63, 3.8) is 0 Å². The molecule has 0 radical (unpaired) electrons. The Labute approximate surface area is 132 Å². The lowest BCUT2D eigenvalue weighted by Gasteiger charge is -2.22. The highest BCUT2D eigenvalue weighted by Gasteiger charge is 2.31. The van der Waals surface area contributed by atoms with Crippen molar-refractivity contribution < 1.29 is 8.42 Å². The van der Waals surface area contributed by atoms with Gasteiger partial charge in [-0.05, 0) is 57.2 Å². The second kappa shape index (κ2) is 6.69. The highest BCUT2D eigenvalue weighted by molar-refractivity contribution is 8.01. The number of rotatable bonds is 6. The zero-order valence-corrected chi connectivity index (χ0v) is 14.5. The highest BCUT2D eigenvalue weighted by atomic mass is 32.2. The molecule has 2 atom stereocenters. The molecule has 0 spiro atoms. The van der Waals surface area contributed by atoms with Crippen LogP contribution in [0, 0.1) is 0 Å². The third-order valence-electron chi connectivity index (χ3n) is 4.06. The fraction of sp³-hybridized carbons (Fsp3) is 0.600. The third kappa shape index (κ3) is 4.22. The van der Waals surface area contributed by atoms with Gasteiger partial charge in [0.1, 0.15) is 0 Å².